The van der Waals surface area contributed by atoms with Gasteiger partial charge in [-0.05, 0) is 12.1 Å². The zero-order chi connectivity index (χ0) is 15.6. The highest BCUT2D eigenvalue weighted by atomic mass is 19.4. The molecule has 0 saturated carbocycles. The number of nitrogens with one attached hydrogen (secondary N) is 1. The average Bonchev–Trinajstić information content (AvgIpc) is 2.76. The summed E-state index contributed by atoms with van der Waals surface area (Å²) < 4.78 is 64.8. The Morgan fingerprint density at radius 2 is 1.90 bits per heavy atom. The third-order valence-electron chi connectivity index (χ3n) is 2.87. The van der Waals surface area contributed by atoms with Crippen molar-refractivity contribution in [3.63, 3.8) is 0 Å². The number of hydrogen-bond acceptors (Lipinski definition) is 2. The van der Waals surface area contributed by atoms with Crippen LogP contribution in [0.3, 0.4) is 0 Å². The molecule has 0 bridgehead atoms. The Labute approximate surface area is 117 Å². The Bertz CT molecular complexity index is 633. The van der Waals surface area contributed by atoms with Crippen molar-refractivity contribution in [2.45, 2.75) is 19.3 Å². The zero-order valence-electron chi connectivity index (χ0n) is 11.0. The molecule has 0 amide bonds. The molecule has 0 saturated heterocycles. The van der Waals surface area contributed by atoms with Crippen molar-refractivity contribution in [2.24, 2.45) is 7.05 Å². The second-order valence-corrected chi connectivity index (χ2v) is 4.46. The van der Waals surface area contributed by atoms with Gasteiger partial charge in [0.05, 0.1) is 5.69 Å². The second-order valence-electron chi connectivity index (χ2n) is 4.46. The molecule has 8 heteroatoms. The van der Waals surface area contributed by atoms with Crippen LogP contribution in [0.4, 0.5) is 22.0 Å². The first-order chi connectivity index (χ1) is 9.79. The standard InChI is InChI=1S/C13H12F5N3/c1-21-11(13(16,17)18)5-9(20-21)7-19-6-8-3-2-4-10(14)12(8)15/h2-5,19H,6-7H2,1H3. The minimum atomic E-state index is -4.48. The molecule has 3 nitrogen and oxygen atoms in total. The minimum Gasteiger partial charge on any atom is -0.307 e. The summed E-state index contributed by atoms with van der Waals surface area (Å²) in [5, 5.41) is 6.44. The summed E-state index contributed by atoms with van der Waals surface area (Å²) in [4.78, 5) is 0. The van der Waals surface area contributed by atoms with Crippen LogP contribution in [0.25, 0.3) is 0 Å². The Balaban J connectivity index is 2.00. The lowest BCUT2D eigenvalue weighted by Crippen LogP contribution is -2.14. The van der Waals surface area contributed by atoms with Crippen LogP contribution >= 0.6 is 0 Å². The Morgan fingerprint density at radius 1 is 1.19 bits per heavy atom. The van der Waals surface area contributed by atoms with Gasteiger partial charge in [0.15, 0.2) is 11.6 Å². The van der Waals surface area contributed by atoms with Crippen LogP contribution in [0.15, 0.2) is 24.3 Å². The molecule has 0 aliphatic carbocycles. The summed E-state index contributed by atoms with van der Waals surface area (Å²) in [6, 6.07) is 4.66. The van der Waals surface area contributed by atoms with Gasteiger partial charge >= 0.3 is 6.18 Å². The highest BCUT2D eigenvalue weighted by Crippen LogP contribution is 2.29. The third kappa shape index (κ3) is 3.57. The first-order valence-corrected chi connectivity index (χ1v) is 6.02. The summed E-state index contributed by atoms with van der Waals surface area (Å²) in [5.41, 5.74) is -0.597. The molecule has 0 aliphatic heterocycles. The number of hydrogen-bond donors (Lipinski definition) is 1. The smallest absolute Gasteiger partial charge is 0.307 e. The summed E-state index contributed by atoms with van der Waals surface area (Å²) in [7, 11) is 1.19. The lowest BCUT2D eigenvalue weighted by atomic mass is 10.2. The molecular weight excluding hydrogens is 293 g/mol. The van der Waals surface area contributed by atoms with Gasteiger partial charge in [0.1, 0.15) is 5.69 Å². The molecule has 21 heavy (non-hydrogen) atoms. The van der Waals surface area contributed by atoms with E-state index in [1.54, 1.807) is 0 Å². The molecule has 0 aliphatic rings. The second kappa shape index (κ2) is 5.80. The number of aryl methyl sites for hydroxylation is 1. The van der Waals surface area contributed by atoms with Gasteiger partial charge in [0.2, 0.25) is 0 Å². The lowest BCUT2D eigenvalue weighted by molar-refractivity contribution is -0.143. The SMILES string of the molecule is Cn1nc(CNCc2cccc(F)c2F)cc1C(F)(F)F. The topological polar surface area (TPSA) is 29.9 Å². The van der Waals surface area contributed by atoms with E-state index in [9.17, 15) is 22.0 Å². The van der Waals surface area contributed by atoms with Crippen LogP contribution in [0, 0.1) is 11.6 Å². The van der Waals surface area contributed by atoms with Crippen LogP contribution in [0.1, 0.15) is 17.0 Å². The third-order valence-corrected chi connectivity index (χ3v) is 2.87. The highest BCUT2D eigenvalue weighted by molar-refractivity contribution is 5.19. The molecule has 2 aromatic rings. The van der Waals surface area contributed by atoms with E-state index in [-0.39, 0.29) is 24.3 Å². The summed E-state index contributed by atoms with van der Waals surface area (Å²) in [5.74, 6) is -1.94. The molecule has 0 spiro atoms. The maximum absolute atomic E-state index is 13.4. The van der Waals surface area contributed by atoms with E-state index in [1.807, 2.05) is 0 Å². The number of nitrogens with zero attached hydrogens (tertiary/aromatic N) is 2. The number of rotatable bonds is 4. The van der Waals surface area contributed by atoms with Crippen molar-refractivity contribution in [1.29, 1.82) is 0 Å². The van der Waals surface area contributed by atoms with Gasteiger partial charge in [-0.25, -0.2) is 8.78 Å². The number of alkyl halides is 3. The first kappa shape index (κ1) is 15.4. The number of aromatic nitrogens is 2. The predicted molar refractivity (Wildman–Crippen MR) is 65.1 cm³/mol. The van der Waals surface area contributed by atoms with Gasteiger partial charge in [-0.3, -0.25) is 4.68 Å². The highest BCUT2D eigenvalue weighted by Gasteiger charge is 2.34. The van der Waals surface area contributed by atoms with Crippen molar-refractivity contribution in [1.82, 2.24) is 15.1 Å². The largest absolute Gasteiger partial charge is 0.433 e. The van der Waals surface area contributed by atoms with E-state index >= 15 is 0 Å². The molecule has 1 N–H and O–H groups in total. The predicted octanol–water partition coefficient (Wildman–Crippen LogP) is 3.01. The molecule has 0 fully saturated rings. The van der Waals surface area contributed by atoms with Gasteiger partial charge in [-0.2, -0.15) is 18.3 Å². The lowest BCUT2D eigenvalue weighted by Gasteiger charge is -2.04. The first-order valence-electron chi connectivity index (χ1n) is 6.02. The average molecular weight is 305 g/mol. The molecule has 1 heterocycles. The summed E-state index contributed by atoms with van der Waals surface area (Å²) in [6.07, 6.45) is -4.48. The normalized spacial score (nSPS) is 11.9. The zero-order valence-corrected chi connectivity index (χ0v) is 11.0. The van der Waals surface area contributed by atoms with Crippen molar-refractivity contribution < 1.29 is 22.0 Å². The van der Waals surface area contributed by atoms with Crippen LogP contribution in [-0.2, 0) is 26.3 Å². The number of halogens is 5. The molecule has 1 aromatic carbocycles. The quantitative estimate of drug-likeness (QED) is 0.880. The van der Waals surface area contributed by atoms with Crippen LogP contribution in [0.2, 0.25) is 0 Å². The monoisotopic (exact) mass is 305 g/mol. The Morgan fingerprint density at radius 3 is 2.52 bits per heavy atom. The van der Waals surface area contributed by atoms with Crippen molar-refractivity contribution in [2.75, 3.05) is 0 Å². The van der Waals surface area contributed by atoms with E-state index in [4.69, 9.17) is 0 Å². The van der Waals surface area contributed by atoms with E-state index in [2.05, 4.69) is 10.4 Å². The van der Waals surface area contributed by atoms with Gasteiger partial charge in [0, 0.05) is 25.7 Å². The molecular formula is C13H12F5N3. The Hall–Kier alpha value is -1.96. The van der Waals surface area contributed by atoms with Gasteiger partial charge in [-0.15, -0.1) is 0 Å². The molecule has 2 rings (SSSR count). The summed E-state index contributed by atoms with van der Waals surface area (Å²) >= 11 is 0. The van der Waals surface area contributed by atoms with E-state index in [0.717, 1.165) is 16.8 Å². The fourth-order valence-corrected chi connectivity index (χ4v) is 1.89. The van der Waals surface area contributed by atoms with Crippen molar-refractivity contribution in [3.05, 3.63) is 52.9 Å². The minimum absolute atomic E-state index is 0.0124. The van der Waals surface area contributed by atoms with Gasteiger partial charge in [-0.1, -0.05) is 12.1 Å². The van der Waals surface area contributed by atoms with Gasteiger partial charge < -0.3 is 5.32 Å². The van der Waals surface area contributed by atoms with E-state index < -0.39 is 23.5 Å². The van der Waals surface area contributed by atoms with Gasteiger partial charge in [0.25, 0.3) is 0 Å². The van der Waals surface area contributed by atoms with E-state index in [0.29, 0.717) is 0 Å². The number of benzene rings is 1. The molecule has 114 valence electrons. The fraction of sp³-hybridized carbons (Fsp3) is 0.308. The van der Waals surface area contributed by atoms with Crippen LogP contribution < -0.4 is 5.32 Å². The molecule has 0 atom stereocenters. The van der Waals surface area contributed by atoms with Crippen molar-refractivity contribution in [3.8, 4) is 0 Å². The van der Waals surface area contributed by atoms with Crippen LogP contribution in [-0.4, -0.2) is 9.78 Å². The van der Waals surface area contributed by atoms with Crippen LogP contribution in [0.5, 0.6) is 0 Å². The molecule has 1 aromatic heterocycles. The maximum atomic E-state index is 13.4. The fourth-order valence-electron chi connectivity index (χ4n) is 1.89. The van der Waals surface area contributed by atoms with Crippen molar-refractivity contribution >= 4 is 0 Å². The Kier molecular flexibility index (Phi) is 4.26. The van der Waals surface area contributed by atoms with E-state index in [1.165, 1.54) is 19.2 Å². The summed E-state index contributed by atoms with van der Waals surface area (Å²) in [6.45, 7) is 0.00138. The maximum Gasteiger partial charge on any atom is 0.433 e. The molecule has 0 unspecified atom stereocenters. The molecule has 0 radical (unpaired) electrons.